The molecule has 0 saturated carbocycles. The highest BCUT2D eigenvalue weighted by Crippen LogP contribution is 2.39. The first-order valence-corrected chi connectivity index (χ1v) is 10.6. The topological polar surface area (TPSA) is 61.8 Å². The Balaban J connectivity index is 1.65. The fraction of sp³-hybridized carbons (Fsp3) is 0.269. The van der Waals surface area contributed by atoms with Gasteiger partial charge >= 0.3 is 6.03 Å². The van der Waals surface area contributed by atoms with Gasteiger partial charge in [0.1, 0.15) is 0 Å². The number of nitrogens with zero attached hydrogens (tertiary/aromatic N) is 1. The molecule has 1 aliphatic rings. The molecule has 2 atom stereocenters. The van der Waals surface area contributed by atoms with Gasteiger partial charge < -0.3 is 20.1 Å². The van der Waals surface area contributed by atoms with Crippen LogP contribution in [0.15, 0.2) is 72.8 Å². The van der Waals surface area contributed by atoms with Crippen LogP contribution in [0.2, 0.25) is 0 Å². The summed E-state index contributed by atoms with van der Waals surface area (Å²) < 4.78 is 5.36. The third kappa shape index (κ3) is 4.50. The molecule has 2 unspecified atom stereocenters. The molecule has 0 bridgehead atoms. The maximum absolute atomic E-state index is 13.3. The summed E-state index contributed by atoms with van der Waals surface area (Å²) >= 11 is 0. The van der Waals surface area contributed by atoms with Gasteiger partial charge in [-0.3, -0.25) is 0 Å². The Bertz CT molecular complexity index is 1040. The lowest BCUT2D eigenvalue weighted by Crippen LogP contribution is -2.47. The third-order valence-electron chi connectivity index (χ3n) is 5.97. The molecule has 31 heavy (non-hydrogen) atoms. The normalized spacial score (nSPS) is 16.3. The molecular weight excluding hydrogens is 388 g/mol. The number of methoxy groups -OCH3 is 1. The molecule has 2 amide bonds. The van der Waals surface area contributed by atoms with E-state index >= 15 is 0 Å². The van der Waals surface area contributed by atoms with Crippen molar-refractivity contribution >= 4 is 6.03 Å². The van der Waals surface area contributed by atoms with Crippen molar-refractivity contribution in [1.29, 1.82) is 0 Å². The van der Waals surface area contributed by atoms with Crippen LogP contribution in [0.3, 0.4) is 0 Å². The molecule has 0 aromatic heterocycles. The Morgan fingerprint density at radius 1 is 1.13 bits per heavy atom. The zero-order chi connectivity index (χ0) is 21.8. The summed E-state index contributed by atoms with van der Waals surface area (Å²) in [7, 11) is 1.54. The minimum atomic E-state index is -0.149. The number of hydrogen-bond acceptors (Lipinski definition) is 3. The second-order valence-corrected chi connectivity index (χ2v) is 7.95. The molecule has 3 aromatic carbocycles. The standard InChI is InChI=1S/C26H28N2O3/c1-18(20-11-7-4-8-12-20)27-26(30)28-14-13-21-16-24(29)25(31-2)17-22(21)23(28)15-19-9-5-3-6-10-19/h3-12,16-18,23,29H,13-15H2,1-2H3,(H,27,30). The lowest BCUT2D eigenvalue weighted by Gasteiger charge is -2.38. The molecular formula is C26H28N2O3. The van der Waals surface area contributed by atoms with Crippen LogP contribution in [0, 0.1) is 0 Å². The number of aromatic hydroxyl groups is 1. The van der Waals surface area contributed by atoms with Gasteiger partial charge in [0.25, 0.3) is 0 Å². The van der Waals surface area contributed by atoms with E-state index in [-0.39, 0.29) is 23.9 Å². The Morgan fingerprint density at radius 2 is 1.81 bits per heavy atom. The van der Waals surface area contributed by atoms with Gasteiger partial charge in [0.15, 0.2) is 11.5 Å². The number of urea groups is 1. The number of benzene rings is 3. The largest absolute Gasteiger partial charge is 0.504 e. The average molecular weight is 417 g/mol. The Labute approximate surface area is 183 Å². The SMILES string of the molecule is COc1cc2c(cc1O)CCN(C(=O)NC(C)c1ccccc1)C2Cc1ccccc1. The summed E-state index contributed by atoms with van der Waals surface area (Å²) in [6.07, 6.45) is 1.38. The number of hydrogen-bond donors (Lipinski definition) is 2. The first-order valence-electron chi connectivity index (χ1n) is 10.6. The third-order valence-corrected chi connectivity index (χ3v) is 5.97. The van der Waals surface area contributed by atoms with Crippen LogP contribution in [-0.4, -0.2) is 29.7 Å². The van der Waals surface area contributed by atoms with E-state index < -0.39 is 0 Å². The van der Waals surface area contributed by atoms with Crippen molar-refractivity contribution in [3.8, 4) is 11.5 Å². The van der Waals surface area contributed by atoms with Gasteiger partial charge in [0, 0.05) is 6.54 Å². The molecule has 1 heterocycles. The van der Waals surface area contributed by atoms with Gasteiger partial charge in [-0.15, -0.1) is 0 Å². The smallest absolute Gasteiger partial charge is 0.318 e. The number of phenolic OH excluding ortho intramolecular Hbond substituents is 1. The highest BCUT2D eigenvalue weighted by molar-refractivity contribution is 5.76. The van der Waals surface area contributed by atoms with Gasteiger partial charge in [-0.05, 0) is 54.2 Å². The fourth-order valence-electron chi connectivity index (χ4n) is 4.28. The quantitative estimate of drug-likeness (QED) is 0.614. The highest BCUT2D eigenvalue weighted by atomic mass is 16.5. The maximum atomic E-state index is 13.3. The van der Waals surface area contributed by atoms with E-state index in [1.807, 2.05) is 66.4 Å². The second kappa shape index (κ2) is 9.13. The number of carbonyl (C=O) groups is 1. The Kier molecular flexibility index (Phi) is 6.12. The van der Waals surface area contributed by atoms with Crippen molar-refractivity contribution in [2.75, 3.05) is 13.7 Å². The van der Waals surface area contributed by atoms with E-state index in [2.05, 4.69) is 17.4 Å². The number of fused-ring (bicyclic) bond motifs is 1. The van der Waals surface area contributed by atoms with Crippen LogP contribution in [0.4, 0.5) is 4.79 Å². The Hall–Kier alpha value is -3.47. The van der Waals surface area contributed by atoms with Crippen molar-refractivity contribution in [2.24, 2.45) is 0 Å². The first kappa shape index (κ1) is 20.8. The molecule has 5 heteroatoms. The maximum Gasteiger partial charge on any atom is 0.318 e. The van der Waals surface area contributed by atoms with Crippen molar-refractivity contribution in [3.05, 3.63) is 95.1 Å². The van der Waals surface area contributed by atoms with Gasteiger partial charge in [0.2, 0.25) is 0 Å². The van der Waals surface area contributed by atoms with Crippen LogP contribution >= 0.6 is 0 Å². The molecule has 5 nitrogen and oxygen atoms in total. The highest BCUT2D eigenvalue weighted by Gasteiger charge is 2.32. The monoisotopic (exact) mass is 416 g/mol. The predicted octanol–water partition coefficient (Wildman–Crippen LogP) is 5.01. The summed E-state index contributed by atoms with van der Waals surface area (Å²) in [5.41, 5.74) is 4.30. The van der Waals surface area contributed by atoms with E-state index in [9.17, 15) is 9.90 Å². The van der Waals surface area contributed by atoms with Crippen molar-refractivity contribution < 1.29 is 14.6 Å². The molecule has 0 aliphatic carbocycles. The second-order valence-electron chi connectivity index (χ2n) is 7.95. The van der Waals surface area contributed by atoms with Gasteiger partial charge in [-0.2, -0.15) is 0 Å². The number of amides is 2. The minimum Gasteiger partial charge on any atom is -0.504 e. The molecule has 3 aromatic rings. The first-order chi connectivity index (χ1) is 15.1. The molecule has 0 radical (unpaired) electrons. The molecule has 160 valence electrons. The molecule has 4 rings (SSSR count). The van der Waals surface area contributed by atoms with Gasteiger partial charge in [-0.1, -0.05) is 60.7 Å². The lowest BCUT2D eigenvalue weighted by atomic mass is 9.88. The van der Waals surface area contributed by atoms with Crippen molar-refractivity contribution in [2.45, 2.75) is 31.8 Å². The predicted molar refractivity (Wildman–Crippen MR) is 121 cm³/mol. The van der Waals surface area contributed by atoms with E-state index in [4.69, 9.17) is 4.74 Å². The van der Waals surface area contributed by atoms with Gasteiger partial charge in [0.05, 0.1) is 19.2 Å². The minimum absolute atomic E-state index is 0.0880. The Morgan fingerprint density at radius 3 is 2.48 bits per heavy atom. The van der Waals surface area contributed by atoms with Crippen molar-refractivity contribution in [1.82, 2.24) is 10.2 Å². The van der Waals surface area contributed by atoms with E-state index in [1.54, 1.807) is 13.2 Å². The van der Waals surface area contributed by atoms with Crippen molar-refractivity contribution in [3.63, 3.8) is 0 Å². The fourth-order valence-corrected chi connectivity index (χ4v) is 4.28. The summed E-state index contributed by atoms with van der Waals surface area (Å²) in [4.78, 5) is 15.3. The molecule has 1 aliphatic heterocycles. The van der Waals surface area contributed by atoms with E-state index in [1.165, 1.54) is 0 Å². The van der Waals surface area contributed by atoms with Crippen LogP contribution in [0.1, 0.15) is 41.3 Å². The molecule has 0 fully saturated rings. The average Bonchev–Trinajstić information content (AvgIpc) is 2.80. The van der Waals surface area contributed by atoms with Crippen LogP contribution in [0.5, 0.6) is 11.5 Å². The lowest BCUT2D eigenvalue weighted by molar-refractivity contribution is 0.165. The van der Waals surface area contributed by atoms with Crippen LogP contribution < -0.4 is 10.1 Å². The molecule has 0 spiro atoms. The summed E-state index contributed by atoms with van der Waals surface area (Å²) in [6, 6.07) is 23.5. The summed E-state index contributed by atoms with van der Waals surface area (Å²) in [5.74, 6) is 0.562. The summed E-state index contributed by atoms with van der Waals surface area (Å²) in [6.45, 7) is 2.59. The number of nitrogens with one attached hydrogen (secondary N) is 1. The van der Waals surface area contributed by atoms with Crippen LogP contribution in [0.25, 0.3) is 0 Å². The van der Waals surface area contributed by atoms with Crippen LogP contribution in [-0.2, 0) is 12.8 Å². The zero-order valence-electron chi connectivity index (χ0n) is 17.9. The van der Waals surface area contributed by atoms with E-state index in [0.29, 0.717) is 25.1 Å². The molecule has 2 N–H and O–H groups in total. The van der Waals surface area contributed by atoms with Gasteiger partial charge in [-0.25, -0.2) is 4.79 Å². The zero-order valence-corrected chi connectivity index (χ0v) is 17.9. The van der Waals surface area contributed by atoms with E-state index in [0.717, 1.165) is 22.3 Å². The summed E-state index contributed by atoms with van der Waals surface area (Å²) in [5, 5.41) is 13.4. The number of ether oxygens (including phenoxy) is 1. The molecule has 0 saturated heterocycles. The number of phenols is 1. The number of carbonyl (C=O) groups excluding carboxylic acids is 1. The number of rotatable bonds is 5.